The number of carbonyl (C=O) groups is 1. The number of aromatic nitrogens is 1. The summed E-state index contributed by atoms with van der Waals surface area (Å²) < 4.78 is 0. The number of aromatic amines is 1. The molecule has 1 heterocycles. The average Bonchev–Trinajstić information content (AvgIpc) is 2.72. The Balaban J connectivity index is 2.20. The molecular formula is C17H16N2O. The van der Waals surface area contributed by atoms with Crippen LogP contribution in [0.3, 0.4) is 0 Å². The van der Waals surface area contributed by atoms with Crippen molar-refractivity contribution in [2.24, 2.45) is 0 Å². The normalized spacial score (nSPS) is 10.9. The highest BCUT2D eigenvalue weighted by molar-refractivity contribution is 6.17. The van der Waals surface area contributed by atoms with Gasteiger partial charge in [-0.05, 0) is 43.7 Å². The van der Waals surface area contributed by atoms with E-state index in [4.69, 9.17) is 5.73 Å². The number of rotatable bonds is 2. The number of hydrogen-bond acceptors (Lipinski definition) is 2. The number of para-hydroxylation sites is 1. The molecule has 0 fully saturated rings. The molecule has 3 rings (SSSR count). The first-order valence-corrected chi connectivity index (χ1v) is 6.55. The van der Waals surface area contributed by atoms with Crippen molar-refractivity contribution in [2.45, 2.75) is 13.8 Å². The highest BCUT2D eigenvalue weighted by atomic mass is 16.1. The molecule has 100 valence electrons. The molecule has 0 radical (unpaired) electrons. The molecular weight excluding hydrogens is 248 g/mol. The molecule has 3 N–H and O–H groups in total. The van der Waals surface area contributed by atoms with Gasteiger partial charge in [-0.25, -0.2) is 0 Å². The fourth-order valence-corrected chi connectivity index (χ4v) is 2.66. The number of hydrogen-bond donors (Lipinski definition) is 2. The van der Waals surface area contributed by atoms with Gasteiger partial charge in [0.1, 0.15) is 0 Å². The Morgan fingerprint density at radius 1 is 1.10 bits per heavy atom. The third-order valence-corrected chi connectivity index (χ3v) is 3.48. The monoisotopic (exact) mass is 264 g/mol. The summed E-state index contributed by atoms with van der Waals surface area (Å²) >= 11 is 0. The summed E-state index contributed by atoms with van der Waals surface area (Å²) in [5.41, 5.74) is 10.7. The van der Waals surface area contributed by atoms with E-state index < -0.39 is 0 Å². The zero-order chi connectivity index (χ0) is 14.3. The lowest BCUT2D eigenvalue weighted by Crippen LogP contribution is -2.04. The van der Waals surface area contributed by atoms with Crippen molar-refractivity contribution in [1.82, 2.24) is 4.98 Å². The van der Waals surface area contributed by atoms with E-state index in [0.29, 0.717) is 11.3 Å². The summed E-state index contributed by atoms with van der Waals surface area (Å²) in [4.78, 5) is 16.0. The average molecular weight is 264 g/mol. The number of H-pyrrole nitrogens is 1. The first kappa shape index (κ1) is 12.5. The van der Waals surface area contributed by atoms with Gasteiger partial charge in [0.05, 0.1) is 5.56 Å². The summed E-state index contributed by atoms with van der Waals surface area (Å²) in [7, 11) is 0. The standard InChI is InChI=1S/C17H16N2O/c1-10-7-12(9-13(18)8-10)17(20)16-11(2)19-15-6-4-3-5-14(15)16/h3-9,19H,18H2,1-2H3. The number of ketones is 1. The Morgan fingerprint density at radius 3 is 2.60 bits per heavy atom. The largest absolute Gasteiger partial charge is 0.399 e. The van der Waals surface area contributed by atoms with Gasteiger partial charge in [-0.1, -0.05) is 18.2 Å². The van der Waals surface area contributed by atoms with Crippen LogP contribution in [0.15, 0.2) is 42.5 Å². The molecule has 0 unspecified atom stereocenters. The molecule has 0 saturated heterocycles. The number of carbonyl (C=O) groups excluding carboxylic acids is 1. The van der Waals surface area contributed by atoms with E-state index in [9.17, 15) is 4.79 Å². The maximum atomic E-state index is 12.8. The second-order valence-corrected chi connectivity index (χ2v) is 5.13. The molecule has 0 amide bonds. The van der Waals surface area contributed by atoms with Gasteiger partial charge >= 0.3 is 0 Å². The predicted octanol–water partition coefficient (Wildman–Crippen LogP) is 3.60. The number of nitrogens with one attached hydrogen (secondary N) is 1. The number of fused-ring (bicyclic) bond motifs is 1. The molecule has 2 aromatic carbocycles. The molecule has 3 aromatic rings. The first-order valence-electron chi connectivity index (χ1n) is 6.55. The van der Waals surface area contributed by atoms with Crippen LogP contribution in [0.2, 0.25) is 0 Å². The highest BCUT2D eigenvalue weighted by Gasteiger charge is 2.17. The smallest absolute Gasteiger partial charge is 0.195 e. The van der Waals surface area contributed by atoms with Crippen LogP contribution in [0, 0.1) is 13.8 Å². The molecule has 1 aromatic heterocycles. The maximum absolute atomic E-state index is 12.8. The van der Waals surface area contributed by atoms with Gasteiger partial charge in [0.25, 0.3) is 0 Å². The van der Waals surface area contributed by atoms with Crippen LogP contribution < -0.4 is 5.73 Å². The number of nitrogens with two attached hydrogens (primary N) is 1. The van der Waals surface area contributed by atoms with E-state index in [2.05, 4.69) is 4.98 Å². The van der Waals surface area contributed by atoms with Gasteiger partial charge in [0.2, 0.25) is 0 Å². The zero-order valence-electron chi connectivity index (χ0n) is 11.5. The van der Waals surface area contributed by atoms with Gasteiger partial charge < -0.3 is 10.7 Å². The Kier molecular flexibility index (Phi) is 2.83. The van der Waals surface area contributed by atoms with Crippen molar-refractivity contribution in [3.63, 3.8) is 0 Å². The van der Waals surface area contributed by atoms with Crippen molar-refractivity contribution in [2.75, 3.05) is 5.73 Å². The van der Waals surface area contributed by atoms with Gasteiger partial charge in [-0.3, -0.25) is 4.79 Å². The van der Waals surface area contributed by atoms with Crippen LogP contribution in [0.4, 0.5) is 5.69 Å². The molecule has 3 nitrogen and oxygen atoms in total. The zero-order valence-corrected chi connectivity index (χ0v) is 11.5. The number of nitrogen functional groups attached to an aromatic ring is 1. The lowest BCUT2D eigenvalue weighted by Gasteiger charge is -2.05. The molecule has 0 aliphatic heterocycles. The quantitative estimate of drug-likeness (QED) is 0.549. The molecule has 0 aliphatic rings. The summed E-state index contributed by atoms with van der Waals surface area (Å²) in [5, 5.41) is 0.954. The minimum absolute atomic E-state index is 0.00958. The highest BCUT2D eigenvalue weighted by Crippen LogP contribution is 2.25. The van der Waals surface area contributed by atoms with Crippen LogP contribution in [-0.2, 0) is 0 Å². The fraction of sp³-hybridized carbons (Fsp3) is 0.118. The van der Waals surface area contributed by atoms with Crippen LogP contribution >= 0.6 is 0 Å². The summed E-state index contributed by atoms with van der Waals surface area (Å²) in [5.74, 6) is 0.00958. The summed E-state index contributed by atoms with van der Waals surface area (Å²) in [6, 6.07) is 13.3. The van der Waals surface area contributed by atoms with E-state index >= 15 is 0 Å². The molecule has 0 saturated carbocycles. The van der Waals surface area contributed by atoms with E-state index in [-0.39, 0.29) is 5.78 Å². The fourth-order valence-electron chi connectivity index (χ4n) is 2.66. The Labute approximate surface area is 117 Å². The molecule has 0 atom stereocenters. The Bertz CT molecular complexity index is 795. The van der Waals surface area contributed by atoms with E-state index in [0.717, 1.165) is 27.7 Å². The van der Waals surface area contributed by atoms with Gasteiger partial charge in [0, 0.05) is 27.8 Å². The summed E-state index contributed by atoms with van der Waals surface area (Å²) in [6.07, 6.45) is 0. The summed E-state index contributed by atoms with van der Waals surface area (Å²) in [6.45, 7) is 3.86. The minimum atomic E-state index is 0.00958. The third kappa shape index (κ3) is 1.97. The van der Waals surface area contributed by atoms with Gasteiger partial charge in [0.15, 0.2) is 5.78 Å². The van der Waals surface area contributed by atoms with Gasteiger partial charge in [-0.2, -0.15) is 0 Å². The third-order valence-electron chi connectivity index (χ3n) is 3.48. The van der Waals surface area contributed by atoms with Crippen LogP contribution in [0.25, 0.3) is 10.9 Å². The molecule has 0 bridgehead atoms. The maximum Gasteiger partial charge on any atom is 0.195 e. The Morgan fingerprint density at radius 2 is 1.85 bits per heavy atom. The van der Waals surface area contributed by atoms with Crippen molar-refractivity contribution in [1.29, 1.82) is 0 Å². The van der Waals surface area contributed by atoms with Crippen molar-refractivity contribution in [3.8, 4) is 0 Å². The first-order chi connectivity index (χ1) is 9.56. The van der Waals surface area contributed by atoms with E-state index in [1.54, 1.807) is 6.07 Å². The van der Waals surface area contributed by atoms with Crippen LogP contribution in [0.1, 0.15) is 27.2 Å². The van der Waals surface area contributed by atoms with Crippen molar-refractivity contribution < 1.29 is 4.79 Å². The topological polar surface area (TPSA) is 58.9 Å². The van der Waals surface area contributed by atoms with Gasteiger partial charge in [-0.15, -0.1) is 0 Å². The van der Waals surface area contributed by atoms with E-state index in [1.165, 1.54) is 0 Å². The molecule has 0 aliphatic carbocycles. The Hall–Kier alpha value is -2.55. The minimum Gasteiger partial charge on any atom is -0.399 e. The molecule has 0 spiro atoms. The van der Waals surface area contributed by atoms with E-state index in [1.807, 2.05) is 50.2 Å². The predicted molar refractivity (Wildman–Crippen MR) is 82.1 cm³/mol. The molecule has 20 heavy (non-hydrogen) atoms. The SMILES string of the molecule is Cc1cc(N)cc(C(=O)c2c(C)[nH]c3ccccc23)c1. The lowest BCUT2D eigenvalue weighted by molar-refractivity contribution is 0.103. The number of aryl methyl sites for hydroxylation is 2. The van der Waals surface area contributed by atoms with Crippen LogP contribution in [0.5, 0.6) is 0 Å². The number of benzene rings is 2. The second-order valence-electron chi connectivity index (χ2n) is 5.13. The van der Waals surface area contributed by atoms with Crippen molar-refractivity contribution in [3.05, 3.63) is 64.8 Å². The number of anilines is 1. The second kappa shape index (κ2) is 4.53. The lowest BCUT2D eigenvalue weighted by atomic mass is 9.98. The molecule has 3 heteroatoms. The van der Waals surface area contributed by atoms with Crippen molar-refractivity contribution >= 4 is 22.4 Å². The van der Waals surface area contributed by atoms with Crippen LogP contribution in [-0.4, -0.2) is 10.8 Å².